The Morgan fingerprint density at radius 3 is 1.17 bits per heavy atom. The van der Waals surface area contributed by atoms with Crippen molar-refractivity contribution in [3.8, 4) is 0 Å². The molecule has 0 aliphatic carbocycles. The Morgan fingerprint density at radius 2 is 1.08 bits per heavy atom. The molecule has 0 saturated heterocycles. The predicted molar refractivity (Wildman–Crippen MR) is 57.3 cm³/mol. The van der Waals surface area contributed by atoms with Crippen LogP contribution in [0.25, 0.3) is 0 Å². The Balaban J connectivity index is 5.01. The summed E-state index contributed by atoms with van der Waals surface area (Å²) in [7, 11) is 0. The van der Waals surface area contributed by atoms with E-state index < -0.39 is 0 Å². The third-order valence-corrected chi connectivity index (χ3v) is 3.56. The molecule has 12 heavy (non-hydrogen) atoms. The third kappa shape index (κ3) is 2.12. The molecule has 0 N–H and O–H groups in total. The van der Waals surface area contributed by atoms with Gasteiger partial charge in [0.1, 0.15) is 0 Å². The van der Waals surface area contributed by atoms with Crippen molar-refractivity contribution in [1.82, 2.24) is 0 Å². The number of hydrogen-bond donors (Lipinski definition) is 0. The standard InChI is InChI=1S/C12H24/c1-9(2)10(3)12(7,8)11(4,5)6/h1-8H3. The van der Waals surface area contributed by atoms with Gasteiger partial charge in [-0.15, -0.1) is 0 Å². The maximum atomic E-state index is 2.33. The fraction of sp³-hybridized carbons (Fsp3) is 0.833. The predicted octanol–water partition coefficient (Wildman–Crippen LogP) is 4.42. The van der Waals surface area contributed by atoms with E-state index in [0.29, 0.717) is 10.8 Å². The zero-order valence-corrected chi connectivity index (χ0v) is 10.0. The van der Waals surface area contributed by atoms with Gasteiger partial charge in [0.15, 0.2) is 0 Å². The quantitative estimate of drug-likeness (QED) is 0.509. The van der Waals surface area contributed by atoms with E-state index in [4.69, 9.17) is 0 Å². The summed E-state index contributed by atoms with van der Waals surface area (Å²) in [6.45, 7) is 18.2. The molecule has 0 bridgehead atoms. The highest BCUT2D eigenvalue weighted by molar-refractivity contribution is 5.18. The summed E-state index contributed by atoms with van der Waals surface area (Å²) >= 11 is 0. The van der Waals surface area contributed by atoms with E-state index in [-0.39, 0.29) is 0 Å². The van der Waals surface area contributed by atoms with Gasteiger partial charge in [0.25, 0.3) is 0 Å². The van der Waals surface area contributed by atoms with E-state index in [1.54, 1.807) is 0 Å². The molecule has 72 valence electrons. The summed E-state index contributed by atoms with van der Waals surface area (Å²) in [4.78, 5) is 0. The van der Waals surface area contributed by atoms with Crippen molar-refractivity contribution in [2.45, 2.75) is 55.4 Å². The van der Waals surface area contributed by atoms with E-state index in [1.807, 2.05) is 0 Å². The number of hydrogen-bond acceptors (Lipinski definition) is 0. The van der Waals surface area contributed by atoms with Crippen LogP contribution in [0.15, 0.2) is 11.1 Å². The van der Waals surface area contributed by atoms with Crippen LogP contribution >= 0.6 is 0 Å². The minimum absolute atomic E-state index is 0.297. The van der Waals surface area contributed by atoms with Crippen LogP contribution in [0.2, 0.25) is 0 Å². The number of allylic oxidation sites excluding steroid dienone is 2. The second kappa shape index (κ2) is 3.24. The van der Waals surface area contributed by atoms with E-state index >= 15 is 0 Å². The van der Waals surface area contributed by atoms with Gasteiger partial charge < -0.3 is 0 Å². The number of rotatable bonds is 1. The molecule has 0 radical (unpaired) electrons. The van der Waals surface area contributed by atoms with Crippen molar-refractivity contribution >= 4 is 0 Å². The Hall–Kier alpha value is -0.260. The molecule has 0 nitrogen and oxygen atoms in total. The van der Waals surface area contributed by atoms with Gasteiger partial charge in [0.05, 0.1) is 0 Å². The smallest absolute Gasteiger partial charge is 0.00965 e. The molecular weight excluding hydrogens is 144 g/mol. The molecule has 0 aromatic carbocycles. The van der Waals surface area contributed by atoms with E-state index in [0.717, 1.165) is 0 Å². The molecule has 0 aromatic rings. The molecule has 0 aliphatic heterocycles. The molecule has 0 saturated carbocycles. The van der Waals surface area contributed by atoms with Crippen molar-refractivity contribution in [2.24, 2.45) is 10.8 Å². The molecular formula is C12H24. The molecule has 0 spiro atoms. The average Bonchev–Trinajstić information content (AvgIpc) is 1.83. The molecule has 0 aromatic heterocycles. The monoisotopic (exact) mass is 168 g/mol. The van der Waals surface area contributed by atoms with Crippen LogP contribution < -0.4 is 0 Å². The molecule has 0 amide bonds. The molecule has 0 atom stereocenters. The maximum absolute atomic E-state index is 2.33. The summed E-state index contributed by atoms with van der Waals surface area (Å²) in [6.07, 6.45) is 0. The summed E-state index contributed by atoms with van der Waals surface area (Å²) < 4.78 is 0. The Labute approximate surface area is 78.1 Å². The van der Waals surface area contributed by atoms with Crippen molar-refractivity contribution < 1.29 is 0 Å². The lowest BCUT2D eigenvalue weighted by Crippen LogP contribution is -2.31. The minimum atomic E-state index is 0.297. The fourth-order valence-electron chi connectivity index (χ4n) is 1.19. The van der Waals surface area contributed by atoms with Crippen molar-refractivity contribution in [1.29, 1.82) is 0 Å². The van der Waals surface area contributed by atoms with Gasteiger partial charge in [-0.1, -0.05) is 45.8 Å². The van der Waals surface area contributed by atoms with Crippen LogP contribution in [-0.4, -0.2) is 0 Å². The van der Waals surface area contributed by atoms with E-state index in [2.05, 4.69) is 55.4 Å². The summed E-state index contributed by atoms with van der Waals surface area (Å²) in [6, 6.07) is 0. The third-order valence-electron chi connectivity index (χ3n) is 3.56. The first-order valence-electron chi connectivity index (χ1n) is 4.75. The normalized spacial score (nSPS) is 13.0. The van der Waals surface area contributed by atoms with Crippen molar-refractivity contribution in [3.63, 3.8) is 0 Å². The molecule has 0 heteroatoms. The molecule has 0 rings (SSSR count). The highest BCUT2D eigenvalue weighted by atomic mass is 14.4. The van der Waals surface area contributed by atoms with Crippen LogP contribution in [0.3, 0.4) is 0 Å². The van der Waals surface area contributed by atoms with Crippen molar-refractivity contribution in [2.75, 3.05) is 0 Å². The SMILES string of the molecule is CC(C)=C(C)C(C)(C)C(C)(C)C. The first-order chi connectivity index (χ1) is 5.10. The molecule has 0 fully saturated rings. The largest absolute Gasteiger partial charge is 0.0769 e. The first-order valence-corrected chi connectivity index (χ1v) is 4.75. The Kier molecular flexibility index (Phi) is 3.17. The van der Waals surface area contributed by atoms with Crippen LogP contribution in [0, 0.1) is 10.8 Å². The second-order valence-corrected chi connectivity index (χ2v) is 5.50. The van der Waals surface area contributed by atoms with Crippen LogP contribution in [0.1, 0.15) is 55.4 Å². The highest BCUT2D eigenvalue weighted by Crippen LogP contribution is 2.44. The lowest BCUT2D eigenvalue weighted by atomic mass is 9.64. The van der Waals surface area contributed by atoms with Crippen LogP contribution in [0.5, 0.6) is 0 Å². The highest BCUT2D eigenvalue weighted by Gasteiger charge is 2.34. The van der Waals surface area contributed by atoms with E-state index in [9.17, 15) is 0 Å². The van der Waals surface area contributed by atoms with Crippen molar-refractivity contribution in [3.05, 3.63) is 11.1 Å². The van der Waals surface area contributed by atoms with E-state index in [1.165, 1.54) is 11.1 Å². The van der Waals surface area contributed by atoms with Crippen LogP contribution in [0.4, 0.5) is 0 Å². The lowest BCUT2D eigenvalue weighted by molar-refractivity contribution is 0.176. The fourth-order valence-corrected chi connectivity index (χ4v) is 1.19. The minimum Gasteiger partial charge on any atom is -0.0769 e. The van der Waals surface area contributed by atoms with Gasteiger partial charge in [-0.3, -0.25) is 0 Å². The summed E-state index contributed by atoms with van der Waals surface area (Å²) in [5.74, 6) is 0. The Morgan fingerprint density at radius 1 is 0.750 bits per heavy atom. The maximum Gasteiger partial charge on any atom is -0.00965 e. The van der Waals surface area contributed by atoms with Gasteiger partial charge in [-0.25, -0.2) is 0 Å². The van der Waals surface area contributed by atoms with Gasteiger partial charge in [0.2, 0.25) is 0 Å². The molecule has 0 heterocycles. The van der Waals surface area contributed by atoms with Gasteiger partial charge in [-0.05, 0) is 31.6 Å². The zero-order chi connectivity index (χ0) is 10.2. The van der Waals surface area contributed by atoms with Crippen LogP contribution in [-0.2, 0) is 0 Å². The van der Waals surface area contributed by atoms with Gasteiger partial charge in [-0.2, -0.15) is 0 Å². The summed E-state index contributed by atoms with van der Waals surface area (Å²) in [5.41, 5.74) is 3.62. The lowest BCUT2D eigenvalue weighted by Gasteiger charge is -2.40. The topological polar surface area (TPSA) is 0 Å². The first kappa shape index (κ1) is 11.7. The molecule has 0 unspecified atom stereocenters. The van der Waals surface area contributed by atoms with Gasteiger partial charge >= 0.3 is 0 Å². The zero-order valence-electron chi connectivity index (χ0n) is 10.0. The second-order valence-electron chi connectivity index (χ2n) is 5.50. The average molecular weight is 168 g/mol. The van der Waals surface area contributed by atoms with Gasteiger partial charge in [0, 0.05) is 0 Å². The Bertz CT molecular complexity index is 183. The summed E-state index contributed by atoms with van der Waals surface area (Å²) in [5, 5.41) is 0. The molecule has 0 aliphatic rings.